The Morgan fingerprint density at radius 1 is 1.32 bits per heavy atom. The molecule has 0 aliphatic carbocycles. The van der Waals surface area contributed by atoms with Gasteiger partial charge in [-0.05, 0) is 12.8 Å². The predicted octanol–water partition coefficient (Wildman–Crippen LogP) is -1.79. The van der Waals surface area contributed by atoms with Gasteiger partial charge in [0.2, 0.25) is 11.8 Å². The molecular weight excluding hydrogens is 306 g/mol. The lowest BCUT2D eigenvalue weighted by Gasteiger charge is -2.19. The lowest BCUT2D eigenvalue weighted by atomic mass is 9.91. The van der Waals surface area contributed by atoms with E-state index in [1.807, 2.05) is 17.2 Å². The molecule has 3 amide bonds. The SMILES string of the molecule is NNC(=O)CNC(=O)CCCCC1SCC2NC(=O)C(N)C21. The van der Waals surface area contributed by atoms with Gasteiger partial charge in [0.1, 0.15) is 0 Å². The van der Waals surface area contributed by atoms with Crippen LogP contribution in [0.2, 0.25) is 0 Å². The minimum Gasteiger partial charge on any atom is -0.351 e. The van der Waals surface area contributed by atoms with Crippen molar-refractivity contribution in [2.45, 2.75) is 43.0 Å². The highest BCUT2D eigenvalue weighted by Gasteiger charge is 2.48. The number of nitrogens with two attached hydrogens (primary N) is 2. The average Bonchev–Trinajstić information content (AvgIpc) is 3.02. The average molecular weight is 329 g/mol. The molecule has 9 heteroatoms. The van der Waals surface area contributed by atoms with Gasteiger partial charge in [-0.25, -0.2) is 5.84 Å². The quantitative estimate of drug-likeness (QED) is 0.162. The van der Waals surface area contributed by atoms with Gasteiger partial charge in [-0.1, -0.05) is 6.42 Å². The van der Waals surface area contributed by atoms with E-state index in [2.05, 4.69) is 10.6 Å². The number of nitrogens with one attached hydrogen (secondary N) is 3. The third kappa shape index (κ3) is 4.11. The maximum atomic E-state index is 11.6. The van der Waals surface area contributed by atoms with Crippen molar-refractivity contribution in [3.8, 4) is 0 Å². The minimum atomic E-state index is -0.422. The fraction of sp³-hybridized carbons (Fsp3) is 0.769. The van der Waals surface area contributed by atoms with Crippen molar-refractivity contribution in [1.29, 1.82) is 0 Å². The fourth-order valence-electron chi connectivity index (χ4n) is 3.01. The van der Waals surface area contributed by atoms with Crippen LogP contribution in [0.5, 0.6) is 0 Å². The van der Waals surface area contributed by atoms with Gasteiger partial charge in [0, 0.05) is 29.4 Å². The van der Waals surface area contributed by atoms with E-state index in [1.165, 1.54) is 0 Å². The van der Waals surface area contributed by atoms with E-state index in [-0.39, 0.29) is 30.3 Å². The van der Waals surface area contributed by atoms with Gasteiger partial charge in [0.05, 0.1) is 12.6 Å². The summed E-state index contributed by atoms with van der Waals surface area (Å²) in [4.78, 5) is 34.0. The summed E-state index contributed by atoms with van der Waals surface area (Å²) >= 11 is 1.85. The Balaban J connectivity index is 1.62. The van der Waals surface area contributed by atoms with Gasteiger partial charge >= 0.3 is 0 Å². The summed E-state index contributed by atoms with van der Waals surface area (Å²) < 4.78 is 0. The summed E-state index contributed by atoms with van der Waals surface area (Å²) in [5.41, 5.74) is 7.90. The van der Waals surface area contributed by atoms with Crippen molar-refractivity contribution < 1.29 is 14.4 Å². The molecule has 7 N–H and O–H groups in total. The first-order valence-electron chi connectivity index (χ1n) is 7.46. The standard InChI is InChI=1S/C13H23N5O3S/c14-12-11-7(17-13(12)21)6-22-8(11)3-1-2-4-9(19)16-5-10(20)18-15/h7-8,11-12H,1-6,14-15H2,(H,16,19)(H,17,21)(H,18,20). The summed E-state index contributed by atoms with van der Waals surface area (Å²) in [6.07, 6.45) is 2.98. The lowest BCUT2D eigenvalue weighted by Crippen LogP contribution is -2.40. The Hall–Kier alpha value is -1.32. The molecule has 2 rings (SSSR count). The summed E-state index contributed by atoms with van der Waals surface area (Å²) in [6.45, 7) is -0.0970. The van der Waals surface area contributed by atoms with Crippen LogP contribution in [-0.4, -0.2) is 47.4 Å². The molecule has 0 aromatic carbocycles. The summed E-state index contributed by atoms with van der Waals surface area (Å²) in [5, 5.41) is 5.82. The number of hydrogen-bond donors (Lipinski definition) is 5. The lowest BCUT2D eigenvalue weighted by molar-refractivity contribution is -0.126. The van der Waals surface area contributed by atoms with Crippen LogP contribution in [0.1, 0.15) is 25.7 Å². The van der Waals surface area contributed by atoms with Crippen LogP contribution in [0.15, 0.2) is 0 Å². The Labute approximate surface area is 133 Å². The zero-order valence-electron chi connectivity index (χ0n) is 12.3. The van der Waals surface area contributed by atoms with E-state index in [0.29, 0.717) is 11.7 Å². The molecule has 0 spiro atoms. The topological polar surface area (TPSA) is 139 Å². The molecular formula is C13H23N5O3S. The van der Waals surface area contributed by atoms with Gasteiger partial charge in [-0.3, -0.25) is 19.8 Å². The van der Waals surface area contributed by atoms with Gasteiger partial charge in [-0.2, -0.15) is 11.8 Å². The molecule has 8 nitrogen and oxygen atoms in total. The molecule has 0 aromatic rings. The second-order valence-electron chi connectivity index (χ2n) is 5.68. The molecule has 0 bridgehead atoms. The maximum absolute atomic E-state index is 11.6. The molecule has 4 unspecified atom stereocenters. The van der Waals surface area contributed by atoms with Gasteiger partial charge < -0.3 is 16.4 Å². The van der Waals surface area contributed by atoms with Crippen molar-refractivity contribution in [2.24, 2.45) is 17.5 Å². The number of carbonyl (C=O) groups is 3. The van der Waals surface area contributed by atoms with Crippen LogP contribution in [0.3, 0.4) is 0 Å². The highest BCUT2D eigenvalue weighted by atomic mass is 32.2. The first kappa shape index (κ1) is 17.0. The maximum Gasteiger partial charge on any atom is 0.253 e. The first-order valence-corrected chi connectivity index (χ1v) is 8.51. The van der Waals surface area contributed by atoms with E-state index in [1.54, 1.807) is 0 Å². The molecule has 4 atom stereocenters. The molecule has 22 heavy (non-hydrogen) atoms. The predicted molar refractivity (Wildman–Crippen MR) is 83.4 cm³/mol. The monoisotopic (exact) mass is 329 g/mol. The molecule has 0 saturated carbocycles. The van der Waals surface area contributed by atoms with Crippen molar-refractivity contribution >= 4 is 29.5 Å². The third-order valence-electron chi connectivity index (χ3n) is 4.18. The van der Waals surface area contributed by atoms with Gasteiger partial charge in [-0.15, -0.1) is 0 Å². The van der Waals surface area contributed by atoms with E-state index in [0.717, 1.165) is 25.0 Å². The third-order valence-corrected chi connectivity index (χ3v) is 5.71. The van der Waals surface area contributed by atoms with E-state index in [4.69, 9.17) is 11.6 Å². The second-order valence-corrected chi connectivity index (χ2v) is 6.95. The van der Waals surface area contributed by atoms with Crippen LogP contribution in [0.25, 0.3) is 0 Å². The van der Waals surface area contributed by atoms with Crippen LogP contribution < -0.4 is 27.6 Å². The zero-order chi connectivity index (χ0) is 16.1. The Kier molecular flexibility index (Phi) is 6.04. The summed E-state index contributed by atoms with van der Waals surface area (Å²) in [7, 11) is 0. The highest BCUT2D eigenvalue weighted by Crippen LogP contribution is 2.40. The molecule has 2 fully saturated rings. The van der Waals surface area contributed by atoms with Gasteiger partial charge in [0.15, 0.2) is 0 Å². The molecule has 2 aliphatic rings. The van der Waals surface area contributed by atoms with Crippen LogP contribution in [-0.2, 0) is 14.4 Å². The Bertz CT molecular complexity index is 447. The van der Waals surface area contributed by atoms with Crippen LogP contribution >= 0.6 is 11.8 Å². The summed E-state index contributed by atoms with van der Waals surface area (Å²) in [5.74, 6) is 5.43. The number of fused-ring (bicyclic) bond motifs is 1. The number of thioether (sulfide) groups is 1. The molecule has 2 heterocycles. The Morgan fingerprint density at radius 3 is 2.82 bits per heavy atom. The number of hydrogen-bond acceptors (Lipinski definition) is 6. The number of carbonyl (C=O) groups excluding carboxylic acids is 3. The van der Waals surface area contributed by atoms with E-state index < -0.39 is 11.9 Å². The number of amides is 3. The first-order chi connectivity index (χ1) is 10.5. The van der Waals surface area contributed by atoms with E-state index in [9.17, 15) is 14.4 Å². The largest absolute Gasteiger partial charge is 0.351 e. The number of unbranched alkanes of at least 4 members (excludes halogenated alkanes) is 1. The zero-order valence-corrected chi connectivity index (χ0v) is 13.2. The highest BCUT2D eigenvalue weighted by molar-refractivity contribution is 8.00. The molecule has 2 saturated heterocycles. The van der Waals surface area contributed by atoms with Gasteiger partial charge in [0.25, 0.3) is 5.91 Å². The number of hydrazine groups is 1. The molecule has 124 valence electrons. The number of rotatable bonds is 7. The van der Waals surface area contributed by atoms with Crippen molar-refractivity contribution in [3.63, 3.8) is 0 Å². The Morgan fingerprint density at radius 2 is 2.09 bits per heavy atom. The molecule has 0 aromatic heterocycles. The molecule has 2 aliphatic heterocycles. The van der Waals surface area contributed by atoms with Crippen molar-refractivity contribution in [2.75, 3.05) is 12.3 Å². The fourth-order valence-corrected chi connectivity index (χ4v) is 4.68. The molecule has 0 radical (unpaired) electrons. The summed E-state index contributed by atoms with van der Waals surface area (Å²) in [6, 6.07) is -0.196. The van der Waals surface area contributed by atoms with E-state index >= 15 is 0 Å². The van der Waals surface area contributed by atoms with Crippen LogP contribution in [0, 0.1) is 5.92 Å². The smallest absolute Gasteiger partial charge is 0.253 e. The second kappa shape index (κ2) is 7.80. The van der Waals surface area contributed by atoms with Crippen molar-refractivity contribution in [1.82, 2.24) is 16.1 Å². The minimum absolute atomic E-state index is 0.0436. The van der Waals surface area contributed by atoms with Crippen LogP contribution in [0.4, 0.5) is 0 Å². The normalized spacial score (nSPS) is 29.8. The van der Waals surface area contributed by atoms with Crippen molar-refractivity contribution in [3.05, 3.63) is 0 Å².